The highest BCUT2D eigenvalue weighted by molar-refractivity contribution is 7.92. The van der Waals surface area contributed by atoms with Crippen molar-refractivity contribution >= 4 is 21.6 Å². The SMILES string of the molecule is COc1ccc(NS(=O)(=O)c2ccc(C(=O)NCc3ccccc3CN3CCCC3)cc2)cc1. The van der Waals surface area contributed by atoms with Crippen molar-refractivity contribution in [3.8, 4) is 5.75 Å². The zero-order valence-corrected chi connectivity index (χ0v) is 20.0. The van der Waals surface area contributed by atoms with E-state index in [0.717, 1.165) is 25.2 Å². The second-order valence-corrected chi connectivity index (χ2v) is 9.98. The molecule has 1 amide bonds. The summed E-state index contributed by atoms with van der Waals surface area (Å²) in [5, 5.41) is 2.96. The van der Waals surface area contributed by atoms with Crippen LogP contribution in [0.3, 0.4) is 0 Å². The second-order valence-electron chi connectivity index (χ2n) is 8.29. The molecule has 1 saturated heterocycles. The van der Waals surface area contributed by atoms with Gasteiger partial charge in [-0.05, 0) is 85.6 Å². The molecule has 0 aliphatic carbocycles. The van der Waals surface area contributed by atoms with Crippen LogP contribution < -0.4 is 14.8 Å². The minimum absolute atomic E-state index is 0.0795. The van der Waals surface area contributed by atoms with Crippen LogP contribution in [0.15, 0.2) is 77.7 Å². The summed E-state index contributed by atoms with van der Waals surface area (Å²) < 4.78 is 33.0. The maximum absolute atomic E-state index is 12.7. The fourth-order valence-corrected chi connectivity index (χ4v) is 5.06. The van der Waals surface area contributed by atoms with Gasteiger partial charge in [-0.15, -0.1) is 0 Å². The summed E-state index contributed by atoms with van der Waals surface area (Å²) >= 11 is 0. The van der Waals surface area contributed by atoms with Crippen molar-refractivity contribution < 1.29 is 17.9 Å². The highest BCUT2D eigenvalue weighted by Crippen LogP contribution is 2.20. The van der Waals surface area contributed by atoms with Crippen LogP contribution in [0.2, 0.25) is 0 Å². The molecule has 178 valence electrons. The predicted octanol–water partition coefficient (Wildman–Crippen LogP) is 4.02. The van der Waals surface area contributed by atoms with Crippen molar-refractivity contribution in [1.82, 2.24) is 10.2 Å². The molecule has 7 nitrogen and oxygen atoms in total. The lowest BCUT2D eigenvalue weighted by Gasteiger charge is -2.17. The van der Waals surface area contributed by atoms with Crippen LogP contribution in [0.5, 0.6) is 5.75 Å². The van der Waals surface area contributed by atoms with Crippen LogP contribution in [0.1, 0.15) is 34.3 Å². The van der Waals surface area contributed by atoms with Gasteiger partial charge in [-0.1, -0.05) is 24.3 Å². The predicted molar refractivity (Wildman–Crippen MR) is 132 cm³/mol. The minimum atomic E-state index is -3.78. The number of rotatable bonds is 9. The number of carbonyl (C=O) groups is 1. The van der Waals surface area contributed by atoms with Gasteiger partial charge in [0.15, 0.2) is 0 Å². The molecule has 0 unspecified atom stereocenters. The molecule has 4 rings (SSSR count). The molecule has 0 atom stereocenters. The number of methoxy groups -OCH3 is 1. The van der Waals surface area contributed by atoms with Crippen molar-refractivity contribution in [3.05, 3.63) is 89.5 Å². The molecule has 0 saturated carbocycles. The molecule has 0 radical (unpaired) electrons. The minimum Gasteiger partial charge on any atom is -0.497 e. The van der Waals surface area contributed by atoms with E-state index in [0.29, 0.717) is 23.5 Å². The fraction of sp³-hybridized carbons (Fsp3) is 0.269. The summed E-state index contributed by atoms with van der Waals surface area (Å²) in [4.78, 5) is 15.2. The van der Waals surface area contributed by atoms with Crippen LogP contribution in [-0.4, -0.2) is 39.4 Å². The topological polar surface area (TPSA) is 87.7 Å². The molecule has 2 N–H and O–H groups in total. The quantitative estimate of drug-likeness (QED) is 0.484. The van der Waals surface area contributed by atoms with Gasteiger partial charge >= 0.3 is 0 Å². The molecular formula is C26H29N3O4S. The van der Waals surface area contributed by atoms with Crippen molar-refractivity contribution in [2.24, 2.45) is 0 Å². The summed E-state index contributed by atoms with van der Waals surface area (Å²) in [5.41, 5.74) is 3.14. The van der Waals surface area contributed by atoms with Crippen LogP contribution in [0.25, 0.3) is 0 Å². The third-order valence-electron chi connectivity index (χ3n) is 5.92. The van der Waals surface area contributed by atoms with E-state index in [1.807, 2.05) is 18.2 Å². The summed E-state index contributed by atoms with van der Waals surface area (Å²) in [6.07, 6.45) is 2.47. The standard InChI is InChI=1S/C26H29N3O4S/c1-33-24-12-10-23(11-13-24)28-34(31,32)25-14-8-20(9-15-25)26(30)27-18-21-6-2-3-7-22(21)19-29-16-4-5-17-29/h2-3,6-15,28H,4-5,16-19H2,1H3,(H,27,30). The zero-order chi connectivity index (χ0) is 24.0. The molecule has 1 aliphatic rings. The Morgan fingerprint density at radius 3 is 2.21 bits per heavy atom. The molecule has 1 heterocycles. The number of likely N-dealkylation sites (tertiary alicyclic amines) is 1. The number of ether oxygens (including phenoxy) is 1. The first-order valence-corrected chi connectivity index (χ1v) is 12.8. The zero-order valence-electron chi connectivity index (χ0n) is 19.2. The summed E-state index contributed by atoms with van der Waals surface area (Å²) in [5.74, 6) is 0.389. The molecule has 0 bridgehead atoms. The molecular weight excluding hydrogens is 450 g/mol. The van der Waals surface area contributed by atoms with E-state index < -0.39 is 10.0 Å². The average molecular weight is 480 g/mol. The number of amides is 1. The number of nitrogens with one attached hydrogen (secondary N) is 2. The van der Waals surface area contributed by atoms with Gasteiger partial charge in [0, 0.05) is 24.3 Å². The van der Waals surface area contributed by atoms with E-state index in [1.165, 1.54) is 42.7 Å². The van der Waals surface area contributed by atoms with E-state index in [2.05, 4.69) is 21.0 Å². The van der Waals surface area contributed by atoms with Crippen LogP contribution in [0, 0.1) is 0 Å². The number of nitrogens with zero attached hydrogens (tertiary/aromatic N) is 1. The molecule has 3 aromatic rings. The van der Waals surface area contributed by atoms with Gasteiger partial charge in [0.25, 0.3) is 15.9 Å². The Labute approximate surface area is 200 Å². The first-order chi connectivity index (χ1) is 16.4. The van der Waals surface area contributed by atoms with Gasteiger partial charge in [-0.2, -0.15) is 0 Å². The Morgan fingerprint density at radius 2 is 1.56 bits per heavy atom. The molecule has 3 aromatic carbocycles. The van der Waals surface area contributed by atoms with Gasteiger partial charge in [0.1, 0.15) is 5.75 Å². The van der Waals surface area contributed by atoms with Gasteiger partial charge in [0.05, 0.1) is 12.0 Å². The number of anilines is 1. The van der Waals surface area contributed by atoms with Crippen LogP contribution >= 0.6 is 0 Å². The maximum atomic E-state index is 12.7. The third kappa shape index (κ3) is 5.95. The van der Waals surface area contributed by atoms with Crippen molar-refractivity contribution in [2.75, 3.05) is 24.9 Å². The van der Waals surface area contributed by atoms with Crippen LogP contribution in [-0.2, 0) is 23.1 Å². The lowest BCUT2D eigenvalue weighted by atomic mass is 10.1. The lowest BCUT2D eigenvalue weighted by Crippen LogP contribution is -2.25. The fourth-order valence-electron chi connectivity index (χ4n) is 4.00. The third-order valence-corrected chi connectivity index (χ3v) is 7.32. The van der Waals surface area contributed by atoms with E-state index in [9.17, 15) is 13.2 Å². The maximum Gasteiger partial charge on any atom is 0.261 e. The summed E-state index contributed by atoms with van der Waals surface area (Å²) in [6, 6.07) is 20.6. The van der Waals surface area contributed by atoms with Crippen molar-refractivity contribution in [2.45, 2.75) is 30.8 Å². The lowest BCUT2D eigenvalue weighted by molar-refractivity contribution is 0.0950. The smallest absolute Gasteiger partial charge is 0.261 e. The number of hydrogen-bond donors (Lipinski definition) is 2. The van der Waals surface area contributed by atoms with Gasteiger partial charge in [-0.25, -0.2) is 8.42 Å². The highest BCUT2D eigenvalue weighted by atomic mass is 32.2. The normalized spacial score (nSPS) is 14.0. The Balaban J connectivity index is 1.37. The van der Waals surface area contributed by atoms with E-state index in [-0.39, 0.29) is 10.8 Å². The van der Waals surface area contributed by atoms with Crippen molar-refractivity contribution in [1.29, 1.82) is 0 Å². The van der Waals surface area contributed by atoms with E-state index in [1.54, 1.807) is 31.4 Å². The Morgan fingerprint density at radius 1 is 0.912 bits per heavy atom. The average Bonchev–Trinajstić information content (AvgIpc) is 3.37. The monoisotopic (exact) mass is 479 g/mol. The number of sulfonamides is 1. The molecule has 1 aliphatic heterocycles. The molecule has 0 spiro atoms. The van der Waals surface area contributed by atoms with Gasteiger partial charge in [0.2, 0.25) is 0 Å². The largest absolute Gasteiger partial charge is 0.497 e. The van der Waals surface area contributed by atoms with Gasteiger partial charge < -0.3 is 10.1 Å². The molecule has 0 aromatic heterocycles. The Kier molecular flexibility index (Phi) is 7.49. The molecule has 34 heavy (non-hydrogen) atoms. The number of benzene rings is 3. The summed E-state index contributed by atoms with van der Waals surface area (Å²) in [7, 11) is -2.23. The van der Waals surface area contributed by atoms with Crippen LogP contribution in [0.4, 0.5) is 5.69 Å². The first-order valence-electron chi connectivity index (χ1n) is 11.3. The second kappa shape index (κ2) is 10.7. The Bertz CT molecular complexity index is 1220. The van der Waals surface area contributed by atoms with E-state index >= 15 is 0 Å². The van der Waals surface area contributed by atoms with Crippen molar-refractivity contribution in [3.63, 3.8) is 0 Å². The Hall–Kier alpha value is -3.36. The van der Waals surface area contributed by atoms with Gasteiger partial charge in [-0.3, -0.25) is 14.4 Å². The number of carbonyl (C=O) groups excluding carboxylic acids is 1. The highest BCUT2D eigenvalue weighted by Gasteiger charge is 2.16. The molecule has 8 heteroatoms. The van der Waals surface area contributed by atoms with E-state index in [4.69, 9.17) is 4.74 Å². The summed E-state index contributed by atoms with van der Waals surface area (Å²) in [6.45, 7) is 3.54. The molecule has 1 fully saturated rings. The first kappa shape index (κ1) is 23.8. The number of hydrogen-bond acceptors (Lipinski definition) is 5.